The molecule has 2 aromatic rings. The van der Waals surface area contributed by atoms with Gasteiger partial charge in [0.2, 0.25) is 0 Å². The monoisotopic (exact) mass is 335 g/mol. The minimum atomic E-state index is -0.717. The highest BCUT2D eigenvalue weighted by molar-refractivity contribution is 6.18. The van der Waals surface area contributed by atoms with E-state index < -0.39 is 12.2 Å². The largest absolute Gasteiger partial charge is 0.493 e. The SMILES string of the molecule is COc1ccccc1OC(c1ccccc1)C(O)CNCCCl. The summed E-state index contributed by atoms with van der Waals surface area (Å²) >= 11 is 5.66. The fourth-order valence-electron chi connectivity index (χ4n) is 2.29. The van der Waals surface area contributed by atoms with Crippen molar-refractivity contribution in [3.63, 3.8) is 0 Å². The summed E-state index contributed by atoms with van der Waals surface area (Å²) in [6, 6.07) is 17.1. The molecular weight excluding hydrogens is 314 g/mol. The lowest BCUT2D eigenvalue weighted by atomic mass is 10.0. The topological polar surface area (TPSA) is 50.7 Å². The molecule has 5 heteroatoms. The van der Waals surface area contributed by atoms with Gasteiger partial charge in [-0.1, -0.05) is 42.5 Å². The Morgan fingerprint density at radius 3 is 2.35 bits per heavy atom. The van der Waals surface area contributed by atoms with Crippen molar-refractivity contribution in [2.75, 3.05) is 26.1 Å². The first-order chi connectivity index (χ1) is 11.3. The minimum Gasteiger partial charge on any atom is -0.493 e. The molecule has 0 saturated carbocycles. The molecule has 2 unspecified atom stereocenters. The van der Waals surface area contributed by atoms with E-state index in [4.69, 9.17) is 21.1 Å². The van der Waals surface area contributed by atoms with E-state index in [0.29, 0.717) is 30.5 Å². The molecule has 0 fully saturated rings. The number of para-hydroxylation sites is 2. The average molecular weight is 336 g/mol. The van der Waals surface area contributed by atoms with E-state index in [1.165, 1.54) is 0 Å². The first-order valence-corrected chi connectivity index (χ1v) is 8.09. The van der Waals surface area contributed by atoms with E-state index in [0.717, 1.165) is 5.56 Å². The van der Waals surface area contributed by atoms with Crippen LogP contribution in [0.3, 0.4) is 0 Å². The minimum absolute atomic E-state index is 0.390. The van der Waals surface area contributed by atoms with Crippen molar-refractivity contribution in [1.29, 1.82) is 0 Å². The molecule has 0 bridgehead atoms. The predicted molar refractivity (Wildman–Crippen MR) is 92.4 cm³/mol. The van der Waals surface area contributed by atoms with Crippen molar-refractivity contribution in [3.05, 3.63) is 60.2 Å². The Morgan fingerprint density at radius 1 is 1.04 bits per heavy atom. The molecule has 0 heterocycles. The molecule has 0 aliphatic rings. The van der Waals surface area contributed by atoms with Crippen LogP contribution in [0, 0.1) is 0 Å². The zero-order chi connectivity index (χ0) is 16.5. The van der Waals surface area contributed by atoms with Gasteiger partial charge in [0.1, 0.15) is 6.10 Å². The molecule has 0 amide bonds. The first-order valence-electron chi connectivity index (χ1n) is 7.55. The molecule has 2 N–H and O–H groups in total. The van der Waals surface area contributed by atoms with Gasteiger partial charge in [0, 0.05) is 19.0 Å². The van der Waals surface area contributed by atoms with Gasteiger partial charge in [-0.05, 0) is 17.7 Å². The van der Waals surface area contributed by atoms with E-state index in [2.05, 4.69) is 5.32 Å². The number of nitrogens with one attached hydrogen (secondary N) is 1. The van der Waals surface area contributed by atoms with Crippen LogP contribution in [-0.2, 0) is 0 Å². The van der Waals surface area contributed by atoms with Gasteiger partial charge in [-0.15, -0.1) is 11.6 Å². The summed E-state index contributed by atoms with van der Waals surface area (Å²) in [6.45, 7) is 1.02. The Kier molecular flexibility index (Phi) is 7.20. The maximum absolute atomic E-state index is 10.5. The van der Waals surface area contributed by atoms with Gasteiger partial charge in [0.15, 0.2) is 17.6 Å². The molecule has 2 atom stereocenters. The predicted octanol–water partition coefficient (Wildman–Crippen LogP) is 3.00. The number of halogens is 1. The van der Waals surface area contributed by atoms with Crippen LogP contribution >= 0.6 is 11.6 Å². The number of rotatable bonds is 9. The number of methoxy groups -OCH3 is 1. The number of alkyl halides is 1. The molecule has 0 aromatic heterocycles. The van der Waals surface area contributed by atoms with Crippen LogP contribution in [0.5, 0.6) is 11.5 Å². The van der Waals surface area contributed by atoms with E-state index in [1.807, 2.05) is 54.6 Å². The summed E-state index contributed by atoms with van der Waals surface area (Å²) in [4.78, 5) is 0. The van der Waals surface area contributed by atoms with Gasteiger partial charge < -0.3 is 19.9 Å². The van der Waals surface area contributed by atoms with Crippen molar-refractivity contribution in [2.45, 2.75) is 12.2 Å². The smallest absolute Gasteiger partial charge is 0.162 e. The summed E-state index contributed by atoms with van der Waals surface area (Å²) < 4.78 is 11.4. The molecule has 23 heavy (non-hydrogen) atoms. The highest BCUT2D eigenvalue weighted by atomic mass is 35.5. The summed E-state index contributed by atoms with van der Waals surface area (Å²) in [6.07, 6.45) is -1.22. The standard InChI is InChI=1S/C18H22ClNO3/c1-22-16-9-5-6-10-17(16)23-18(14-7-3-2-4-8-14)15(21)13-20-12-11-19/h2-10,15,18,20-21H,11-13H2,1H3. The van der Waals surface area contributed by atoms with Gasteiger partial charge in [-0.3, -0.25) is 0 Å². The second-order valence-corrected chi connectivity index (χ2v) is 5.44. The van der Waals surface area contributed by atoms with Gasteiger partial charge in [0.25, 0.3) is 0 Å². The van der Waals surface area contributed by atoms with Crippen LogP contribution in [0.15, 0.2) is 54.6 Å². The zero-order valence-electron chi connectivity index (χ0n) is 13.1. The van der Waals surface area contributed by atoms with Crippen molar-refractivity contribution < 1.29 is 14.6 Å². The second-order valence-electron chi connectivity index (χ2n) is 5.06. The van der Waals surface area contributed by atoms with Gasteiger partial charge in [-0.2, -0.15) is 0 Å². The molecule has 0 aliphatic carbocycles. The summed E-state index contributed by atoms with van der Waals surface area (Å²) in [5, 5.41) is 13.6. The molecule has 0 spiro atoms. The van der Waals surface area contributed by atoms with E-state index >= 15 is 0 Å². The van der Waals surface area contributed by atoms with Crippen LogP contribution in [0.25, 0.3) is 0 Å². The molecule has 124 valence electrons. The van der Waals surface area contributed by atoms with Crippen molar-refractivity contribution in [3.8, 4) is 11.5 Å². The second kappa shape index (κ2) is 9.40. The summed E-state index contributed by atoms with van der Waals surface area (Å²) in [5.74, 6) is 1.73. The number of hydrogen-bond acceptors (Lipinski definition) is 4. The highest BCUT2D eigenvalue weighted by Crippen LogP contribution is 2.32. The van der Waals surface area contributed by atoms with Gasteiger partial charge >= 0.3 is 0 Å². The molecular formula is C18H22ClNO3. The van der Waals surface area contributed by atoms with Crippen LogP contribution < -0.4 is 14.8 Å². The van der Waals surface area contributed by atoms with Crippen LogP contribution in [0.4, 0.5) is 0 Å². The Labute approximate surface area is 142 Å². The maximum atomic E-state index is 10.5. The number of aliphatic hydroxyl groups excluding tert-OH is 1. The van der Waals surface area contributed by atoms with Crippen LogP contribution in [-0.4, -0.2) is 37.3 Å². The zero-order valence-corrected chi connectivity index (χ0v) is 13.9. The van der Waals surface area contributed by atoms with E-state index in [9.17, 15) is 5.11 Å². The number of benzene rings is 2. The lowest BCUT2D eigenvalue weighted by Gasteiger charge is -2.25. The van der Waals surface area contributed by atoms with Crippen LogP contribution in [0.2, 0.25) is 0 Å². The van der Waals surface area contributed by atoms with Crippen molar-refractivity contribution in [2.24, 2.45) is 0 Å². The lowest BCUT2D eigenvalue weighted by molar-refractivity contribution is 0.0346. The molecule has 0 saturated heterocycles. The molecule has 4 nitrogen and oxygen atoms in total. The fourth-order valence-corrected chi connectivity index (χ4v) is 2.42. The first kappa shape index (κ1) is 17.6. The van der Waals surface area contributed by atoms with E-state index in [-0.39, 0.29) is 0 Å². The summed E-state index contributed by atoms with van der Waals surface area (Å²) in [5.41, 5.74) is 0.901. The lowest BCUT2D eigenvalue weighted by Crippen LogP contribution is -2.35. The maximum Gasteiger partial charge on any atom is 0.162 e. The Bertz CT molecular complexity index is 579. The number of aliphatic hydroxyl groups is 1. The molecule has 0 aliphatic heterocycles. The molecule has 2 rings (SSSR count). The fraction of sp³-hybridized carbons (Fsp3) is 0.333. The van der Waals surface area contributed by atoms with Gasteiger partial charge in [0.05, 0.1) is 7.11 Å². The van der Waals surface area contributed by atoms with Gasteiger partial charge in [-0.25, -0.2) is 0 Å². The number of ether oxygens (including phenoxy) is 2. The van der Waals surface area contributed by atoms with E-state index in [1.54, 1.807) is 7.11 Å². The summed E-state index contributed by atoms with van der Waals surface area (Å²) in [7, 11) is 1.60. The third kappa shape index (κ3) is 5.13. The Balaban J connectivity index is 2.19. The Hall–Kier alpha value is -1.75. The average Bonchev–Trinajstić information content (AvgIpc) is 2.60. The van der Waals surface area contributed by atoms with Crippen molar-refractivity contribution >= 4 is 11.6 Å². The van der Waals surface area contributed by atoms with Crippen molar-refractivity contribution in [1.82, 2.24) is 5.32 Å². The quantitative estimate of drug-likeness (QED) is 0.546. The van der Waals surface area contributed by atoms with Crippen LogP contribution in [0.1, 0.15) is 11.7 Å². The molecule has 0 radical (unpaired) electrons. The third-order valence-electron chi connectivity index (χ3n) is 3.43. The third-order valence-corrected chi connectivity index (χ3v) is 3.61. The Morgan fingerprint density at radius 2 is 1.70 bits per heavy atom. The normalized spacial score (nSPS) is 13.3. The molecule has 2 aromatic carbocycles. The highest BCUT2D eigenvalue weighted by Gasteiger charge is 2.24. The number of hydrogen-bond donors (Lipinski definition) is 2.